The summed E-state index contributed by atoms with van der Waals surface area (Å²) in [4.78, 5) is 25.0. The standard InChI is InChI=1S/C13H21NO3/c1-17-6-4-10-3-2-5-14(9-10)13(16)11-7-12(15)8-11/h10-11H,2-9H2,1H3/t10-/m0/s1. The molecule has 0 aromatic carbocycles. The average molecular weight is 239 g/mol. The van der Waals surface area contributed by atoms with E-state index in [4.69, 9.17) is 4.74 Å². The van der Waals surface area contributed by atoms with E-state index in [1.54, 1.807) is 7.11 Å². The summed E-state index contributed by atoms with van der Waals surface area (Å²) >= 11 is 0. The summed E-state index contributed by atoms with van der Waals surface area (Å²) in [5.41, 5.74) is 0. The molecule has 1 atom stereocenters. The summed E-state index contributed by atoms with van der Waals surface area (Å²) in [7, 11) is 1.71. The summed E-state index contributed by atoms with van der Waals surface area (Å²) in [6, 6.07) is 0. The molecule has 0 radical (unpaired) electrons. The Hall–Kier alpha value is -0.900. The number of carbonyl (C=O) groups is 2. The Balaban J connectivity index is 1.80. The summed E-state index contributed by atoms with van der Waals surface area (Å²) in [5, 5.41) is 0. The van der Waals surface area contributed by atoms with Gasteiger partial charge >= 0.3 is 0 Å². The number of hydrogen-bond acceptors (Lipinski definition) is 3. The zero-order valence-electron chi connectivity index (χ0n) is 10.5. The number of ether oxygens (including phenoxy) is 1. The normalized spacial score (nSPS) is 25.8. The molecule has 1 heterocycles. The lowest BCUT2D eigenvalue weighted by Gasteiger charge is -2.36. The number of carbonyl (C=O) groups excluding carboxylic acids is 2. The number of nitrogens with zero attached hydrogens (tertiary/aromatic N) is 1. The van der Waals surface area contributed by atoms with Crippen molar-refractivity contribution < 1.29 is 14.3 Å². The molecule has 4 heteroatoms. The molecule has 2 aliphatic rings. The number of ketones is 1. The molecule has 2 fully saturated rings. The lowest BCUT2D eigenvalue weighted by atomic mass is 9.82. The van der Waals surface area contributed by atoms with Crippen LogP contribution in [0, 0.1) is 11.8 Å². The van der Waals surface area contributed by atoms with Crippen LogP contribution in [0.3, 0.4) is 0 Å². The lowest BCUT2D eigenvalue weighted by Crippen LogP contribution is -2.46. The van der Waals surface area contributed by atoms with Crippen LogP contribution in [-0.2, 0) is 14.3 Å². The van der Waals surface area contributed by atoms with Crippen molar-refractivity contribution in [1.29, 1.82) is 0 Å². The molecule has 1 amide bonds. The summed E-state index contributed by atoms with van der Waals surface area (Å²) in [6.07, 6.45) is 4.25. The Morgan fingerprint density at radius 2 is 2.24 bits per heavy atom. The van der Waals surface area contributed by atoms with Crippen molar-refractivity contribution in [2.75, 3.05) is 26.8 Å². The van der Waals surface area contributed by atoms with Gasteiger partial charge in [0.05, 0.1) is 5.92 Å². The highest BCUT2D eigenvalue weighted by Gasteiger charge is 2.36. The van der Waals surface area contributed by atoms with Gasteiger partial charge in [0.15, 0.2) is 0 Å². The molecule has 4 nitrogen and oxygen atoms in total. The van der Waals surface area contributed by atoms with Gasteiger partial charge in [-0.2, -0.15) is 0 Å². The smallest absolute Gasteiger partial charge is 0.226 e. The highest BCUT2D eigenvalue weighted by Crippen LogP contribution is 2.28. The topological polar surface area (TPSA) is 46.6 Å². The van der Waals surface area contributed by atoms with Crippen LogP contribution in [0.25, 0.3) is 0 Å². The highest BCUT2D eigenvalue weighted by atomic mass is 16.5. The average Bonchev–Trinajstić information content (AvgIpc) is 2.32. The minimum absolute atomic E-state index is 0.0105. The molecule has 2 rings (SSSR count). The van der Waals surface area contributed by atoms with E-state index < -0.39 is 0 Å². The third-order valence-electron chi connectivity index (χ3n) is 3.86. The quantitative estimate of drug-likeness (QED) is 0.741. The van der Waals surface area contributed by atoms with E-state index in [0.29, 0.717) is 18.8 Å². The van der Waals surface area contributed by atoms with Crippen LogP contribution in [0.4, 0.5) is 0 Å². The molecule has 0 bridgehead atoms. The molecule has 0 aromatic rings. The molecule has 0 aromatic heterocycles. The number of hydrogen-bond donors (Lipinski definition) is 0. The second-order valence-corrected chi connectivity index (χ2v) is 5.22. The summed E-state index contributed by atoms with van der Waals surface area (Å²) < 4.78 is 5.09. The van der Waals surface area contributed by atoms with Crippen molar-refractivity contribution in [2.45, 2.75) is 32.1 Å². The summed E-state index contributed by atoms with van der Waals surface area (Å²) in [6.45, 7) is 2.49. The third-order valence-corrected chi connectivity index (χ3v) is 3.86. The van der Waals surface area contributed by atoms with E-state index in [-0.39, 0.29) is 17.6 Å². The van der Waals surface area contributed by atoms with E-state index in [1.165, 1.54) is 6.42 Å². The number of methoxy groups -OCH3 is 1. The fraction of sp³-hybridized carbons (Fsp3) is 0.846. The fourth-order valence-electron chi connectivity index (χ4n) is 2.71. The molecular formula is C13H21NO3. The Morgan fingerprint density at radius 1 is 1.47 bits per heavy atom. The van der Waals surface area contributed by atoms with Gasteiger partial charge in [0.2, 0.25) is 5.91 Å². The van der Waals surface area contributed by atoms with Crippen molar-refractivity contribution >= 4 is 11.7 Å². The van der Waals surface area contributed by atoms with E-state index in [1.807, 2.05) is 4.90 Å². The number of amides is 1. The lowest BCUT2D eigenvalue weighted by molar-refractivity contribution is -0.146. The van der Waals surface area contributed by atoms with Crippen molar-refractivity contribution in [3.63, 3.8) is 0 Å². The minimum Gasteiger partial charge on any atom is -0.385 e. The first-order valence-corrected chi connectivity index (χ1v) is 6.50. The maximum absolute atomic E-state index is 12.1. The first-order chi connectivity index (χ1) is 8.20. The minimum atomic E-state index is -0.0105. The van der Waals surface area contributed by atoms with Crippen molar-refractivity contribution in [3.05, 3.63) is 0 Å². The zero-order chi connectivity index (χ0) is 12.3. The van der Waals surface area contributed by atoms with E-state index in [9.17, 15) is 9.59 Å². The van der Waals surface area contributed by atoms with Gasteiger partial charge in [-0.05, 0) is 25.2 Å². The first kappa shape index (κ1) is 12.6. The van der Waals surface area contributed by atoms with Gasteiger partial charge in [0.1, 0.15) is 5.78 Å². The Labute approximate surface area is 102 Å². The monoisotopic (exact) mass is 239 g/mol. The number of rotatable bonds is 4. The van der Waals surface area contributed by atoms with Crippen molar-refractivity contribution in [2.24, 2.45) is 11.8 Å². The van der Waals surface area contributed by atoms with Crippen LogP contribution in [0.1, 0.15) is 32.1 Å². The van der Waals surface area contributed by atoms with Crippen LogP contribution >= 0.6 is 0 Å². The number of likely N-dealkylation sites (tertiary alicyclic amines) is 1. The van der Waals surface area contributed by atoms with Gasteiger partial charge in [-0.1, -0.05) is 0 Å². The molecule has 96 valence electrons. The molecule has 0 spiro atoms. The third kappa shape index (κ3) is 3.06. The fourth-order valence-corrected chi connectivity index (χ4v) is 2.71. The van der Waals surface area contributed by atoms with Crippen LogP contribution in [0.5, 0.6) is 0 Å². The van der Waals surface area contributed by atoms with Gasteiger partial charge in [0.25, 0.3) is 0 Å². The SMILES string of the molecule is COCC[C@@H]1CCCN(C(=O)C2CC(=O)C2)C1. The van der Waals surface area contributed by atoms with Gasteiger partial charge in [-0.25, -0.2) is 0 Å². The Morgan fingerprint density at radius 3 is 2.88 bits per heavy atom. The molecule has 17 heavy (non-hydrogen) atoms. The Kier molecular flexibility index (Phi) is 4.15. The first-order valence-electron chi connectivity index (χ1n) is 6.50. The maximum atomic E-state index is 12.1. The second-order valence-electron chi connectivity index (χ2n) is 5.22. The predicted octanol–water partition coefficient (Wildman–Crippen LogP) is 1.24. The van der Waals surface area contributed by atoms with Crippen LogP contribution in [-0.4, -0.2) is 43.4 Å². The van der Waals surface area contributed by atoms with Crippen LogP contribution in [0.2, 0.25) is 0 Å². The Bertz CT molecular complexity index is 295. The van der Waals surface area contributed by atoms with Gasteiger partial charge in [-0.15, -0.1) is 0 Å². The molecule has 1 aliphatic carbocycles. The second kappa shape index (κ2) is 5.63. The molecule has 1 saturated carbocycles. The molecular weight excluding hydrogens is 218 g/mol. The van der Waals surface area contributed by atoms with Crippen molar-refractivity contribution in [3.8, 4) is 0 Å². The van der Waals surface area contributed by atoms with Crippen molar-refractivity contribution in [1.82, 2.24) is 4.90 Å². The molecule has 0 N–H and O–H groups in total. The number of Topliss-reactive ketones (excluding diaryl/α,β-unsaturated/α-hetero) is 1. The van der Waals surface area contributed by atoms with E-state index in [0.717, 1.165) is 32.5 Å². The largest absolute Gasteiger partial charge is 0.385 e. The number of piperidine rings is 1. The van der Waals surface area contributed by atoms with Crippen LogP contribution in [0.15, 0.2) is 0 Å². The van der Waals surface area contributed by atoms with Gasteiger partial charge in [0, 0.05) is 39.6 Å². The molecule has 1 aliphatic heterocycles. The zero-order valence-corrected chi connectivity index (χ0v) is 10.5. The van der Waals surface area contributed by atoms with Gasteiger partial charge < -0.3 is 9.64 Å². The predicted molar refractivity (Wildman–Crippen MR) is 63.5 cm³/mol. The molecule has 1 saturated heterocycles. The van der Waals surface area contributed by atoms with Gasteiger partial charge in [-0.3, -0.25) is 9.59 Å². The molecule has 0 unspecified atom stereocenters. The van der Waals surface area contributed by atoms with E-state index >= 15 is 0 Å². The summed E-state index contributed by atoms with van der Waals surface area (Å²) in [5.74, 6) is 0.995. The van der Waals surface area contributed by atoms with Crippen LogP contribution < -0.4 is 0 Å². The maximum Gasteiger partial charge on any atom is 0.226 e. The highest BCUT2D eigenvalue weighted by molar-refractivity contribution is 5.96. The van der Waals surface area contributed by atoms with E-state index in [2.05, 4.69) is 0 Å².